The van der Waals surface area contributed by atoms with Gasteiger partial charge in [-0.05, 0) is 55.9 Å². The van der Waals surface area contributed by atoms with Gasteiger partial charge >= 0.3 is 0 Å². The zero-order chi connectivity index (χ0) is 13.5. The largest absolute Gasteiger partial charge is 0.496 e. The Morgan fingerprint density at radius 2 is 1.94 bits per heavy atom. The molecule has 1 saturated carbocycles. The second kappa shape index (κ2) is 4.29. The predicted octanol–water partition coefficient (Wildman–Crippen LogP) is 2.92. The molecule has 1 atom stereocenters. The quantitative estimate of drug-likeness (QED) is 0.889. The number of nitriles is 1. The van der Waals surface area contributed by atoms with Gasteiger partial charge in [0.05, 0.1) is 18.6 Å². The Kier molecular flexibility index (Phi) is 3.08. The predicted molar refractivity (Wildman–Crippen MR) is 71.4 cm³/mol. The van der Waals surface area contributed by atoms with Gasteiger partial charge in [0, 0.05) is 6.04 Å². The Morgan fingerprint density at radius 3 is 2.39 bits per heavy atom. The number of hydrogen-bond donors (Lipinski definition) is 1. The molecule has 1 aromatic rings. The first kappa shape index (κ1) is 12.9. The van der Waals surface area contributed by atoms with Crippen LogP contribution in [0.4, 0.5) is 0 Å². The molecule has 0 aliphatic heterocycles. The van der Waals surface area contributed by atoms with Crippen molar-refractivity contribution in [3.05, 3.63) is 28.3 Å². The van der Waals surface area contributed by atoms with Gasteiger partial charge in [-0.1, -0.05) is 6.07 Å². The lowest BCUT2D eigenvalue weighted by Gasteiger charge is -2.22. The van der Waals surface area contributed by atoms with Crippen LogP contribution in [0.2, 0.25) is 0 Å². The van der Waals surface area contributed by atoms with Gasteiger partial charge in [-0.3, -0.25) is 0 Å². The van der Waals surface area contributed by atoms with Gasteiger partial charge in [0.15, 0.2) is 0 Å². The van der Waals surface area contributed by atoms with Crippen LogP contribution in [-0.2, 0) is 0 Å². The summed E-state index contributed by atoms with van der Waals surface area (Å²) in [6.07, 6.45) is 1.82. The van der Waals surface area contributed by atoms with Gasteiger partial charge in [-0.15, -0.1) is 0 Å². The van der Waals surface area contributed by atoms with Crippen LogP contribution in [0, 0.1) is 37.5 Å². The number of ether oxygens (including phenoxy) is 1. The molecule has 0 amide bonds. The van der Waals surface area contributed by atoms with Crippen LogP contribution < -0.4 is 10.5 Å². The lowest BCUT2D eigenvalue weighted by atomic mass is 9.86. The third-order valence-electron chi connectivity index (χ3n) is 4.21. The highest BCUT2D eigenvalue weighted by Gasteiger charge is 2.49. The highest BCUT2D eigenvalue weighted by molar-refractivity contribution is 5.51. The number of rotatable bonds is 3. The molecule has 1 fully saturated rings. The Labute approximate surface area is 109 Å². The number of benzene rings is 1. The molecule has 2 rings (SSSR count). The van der Waals surface area contributed by atoms with Crippen LogP contribution >= 0.6 is 0 Å². The van der Waals surface area contributed by atoms with Crippen molar-refractivity contribution in [3.63, 3.8) is 0 Å². The third kappa shape index (κ3) is 1.77. The lowest BCUT2D eigenvalue weighted by molar-refractivity contribution is 0.407. The first-order chi connectivity index (χ1) is 8.46. The Hall–Kier alpha value is -1.53. The SMILES string of the molecule is COc1c(C)cc(C(N)C2(C#N)CC2)c(C)c1C. The number of aryl methyl sites for hydroxylation is 1. The molecule has 3 heteroatoms. The van der Waals surface area contributed by atoms with Crippen molar-refractivity contribution < 1.29 is 4.74 Å². The monoisotopic (exact) mass is 244 g/mol. The topological polar surface area (TPSA) is 59.0 Å². The maximum Gasteiger partial charge on any atom is 0.124 e. The highest BCUT2D eigenvalue weighted by atomic mass is 16.5. The van der Waals surface area contributed by atoms with E-state index in [1.807, 2.05) is 13.8 Å². The molecule has 0 heterocycles. The molecule has 0 radical (unpaired) electrons. The summed E-state index contributed by atoms with van der Waals surface area (Å²) in [5.41, 5.74) is 10.4. The zero-order valence-corrected chi connectivity index (χ0v) is 11.5. The molecule has 0 bridgehead atoms. The van der Waals surface area contributed by atoms with Gasteiger partial charge in [0.25, 0.3) is 0 Å². The molecule has 1 unspecified atom stereocenters. The van der Waals surface area contributed by atoms with E-state index in [0.29, 0.717) is 0 Å². The minimum Gasteiger partial charge on any atom is -0.496 e. The second-order valence-electron chi connectivity index (χ2n) is 5.31. The molecule has 1 aromatic carbocycles. The molecular formula is C15H20N2O. The van der Waals surface area contributed by atoms with Crippen molar-refractivity contribution in [1.29, 1.82) is 5.26 Å². The van der Waals surface area contributed by atoms with E-state index < -0.39 is 0 Å². The van der Waals surface area contributed by atoms with Gasteiger partial charge in [0.1, 0.15) is 5.75 Å². The Bertz CT molecular complexity index is 524. The second-order valence-corrected chi connectivity index (χ2v) is 5.31. The smallest absolute Gasteiger partial charge is 0.124 e. The van der Waals surface area contributed by atoms with E-state index >= 15 is 0 Å². The van der Waals surface area contributed by atoms with E-state index in [1.165, 1.54) is 0 Å². The fourth-order valence-electron chi connectivity index (χ4n) is 2.65. The average Bonchev–Trinajstić information content (AvgIpc) is 3.14. The maximum atomic E-state index is 9.26. The summed E-state index contributed by atoms with van der Waals surface area (Å²) in [6, 6.07) is 4.27. The van der Waals surface area contributed by atoms with E-state index in [2.05, 4.69) is 19.1 Å². The molecule has 0 saturated heterocycles. The van der Waals surface area contributed by atoms with E-state index in [9.17, 15) is 5.26 Å². The maximum absolute atomic E-state index is 9.26. The van der Waals surface area contributed by atoms with Crippen LogP contribution in [0.25, 0.3) is 0 Å². The first-order valence-corrected chi connectivity index (χ1v) is 6.28. The third-order valence-corrected chi connectivity index (χ3v) is 4.21. The summed E-state index contributed by atoms with van der Waals surface area (Å²) >= 11 is 0. The number of hydrogen-bond acceptors (Lipinski definition) is 3. The van der Waals surface area contributed by atoms with E-state index in [4.69, 9.17) is 10.5 Å². The molecule has 2 N–H and O–H groups in total. The van der Waals surface area contributed by atoms with Gasteiger partial charge in [-0.25, -0.2) is 0 Å². The molecule has 0 spiro atoms. The van der Waals surface area contributed by atoms with Crippen molar-refractivity contribution in [1.82, 2.24) is 0 Å². The Balaban J connectivity index is 2.50. The summed E-state index contributed by atoms with van der Waals surface area (Å²) in [4.78, 5) is 0. The van der Waals surface area contributed by atoms with Crippen molar-refractivity contribution >= 4 is 0 Å². The number of methoxy groups -OCH3 is 1. The molecule has 18 heavy (non-hydrogen) atoms. The Morgan fingerprint density at radius 1 is 1.33 bits per heavy atom. The van der Waals surface area contributed by atoms with E-state index in [-0.39, 0.29) is 11.5 Å². The van der Waals surface area contributed by atoms with Gasteiger partial charge in [0.2, 0.25) is 0 Å². The number of nitrogens with two attached hydrogens (primary N) is 1. The van der Waals surface area contributed by atoms with E-state index in [0.717, 1.165) is 40.8 Å². The van der Waals surface area contributed by atoms with Crippen LogP contribution in [0.1, 0.15) is 41.1 Å². The van der Waals surface area contributed by atoms with Crippen molar-refractivity contribution in [3.8, 4) is 11.8 Å². The van der Waals surface area contributed by atoms with Crippen LogP contribution in [0.15, 0.2) is 6.07 Å². The van der Waals surface area contributed by atoms with Crippen molar-refractivity contribution in [2.75, 3.05) is 7.11 Å². The minimum absolute atomic E-state index is 0.189. The fraction of sp³-hybridized carbons (Fsp3) is 0.533. The molecule has 0 aromatic heterocycles. The fourth-order valence-corrected chi connectivity index (χ4v) is 2.65. The molecular weight excluding hydrogens is 224 g/mol. The highest BCUT2D eigenvalue weighted by Crippen LogP contribution is 2.54. The summed E-state index contributed by atoms with van der Waals surface area (Å²) in [7, 11) is 1.69. The number of nitrogens with zero attached hydrogens (tertiary/aromatic N) is 1. The van der Waals surface area contributed by atoms with Crippen molar-refractivity contribution in [2.45, 2.75) is 39.7 Å². The molecule has 1 aliphatic rings. The van der Waals surface area contributed by atoms with Gasteiger partial charge in [-0.2, -0.15) is 5.26 Å². The van der Waals surface area contributed by atoms with Gasteiger partial charge < -0.3 is 10.5 Å². The first-order valence-electron chi connectivity index (χ1n) is 6.28. The zero-order valence-electron chi connectivity index (χ0n) is 11.5. The van der Waals surface area contributed by atoms with E-state index in [1.54, 1.807) is 7.11 Å². The normalized spacial score (nSPS) is 18.0. The van der Waals surface area contributed by atoms with Crippen LogP contribution in [-0.4, -0.2) is 7.11 Å². The molecule has 96 valence electrons. The average molecular weight is 244 g/mol. The summed E-state index contributed by atoms with van der Waals surface area (Å²) in [6.45, 7) is 6.12. The summed E-state index contributed by atoms with van der Waals surface area (Å²) in [5.74, 6) is 0.922. The standard InChI is InChI=1S/C15H20N2O/c1-9-7-12(10(2)11(3)13(9)18-4)14(17)15(8-16)5-6-15/h7,14H,5-6,17H2,1-4H3. The molecule has 3 nitrogen and oxygen atoms in total. The lowest BCUT2D eigenvalue weighted by Crippen LogP contribution is -2.23. The van der Waals surface area contributed by atoms with Crippen molar-refractivity contribution in [2.24, 2.45) is 11.1 Å². The molecule has 1 aliphatic carbocycles. The summed E-state index contributed by atoms with van der Waals surface area (Å²) in [5, 5.41) is 9.26. The van der Waals surface area contributed by atoms with Crippen LogP contribution in [0.3, 0.4) is 0 Å². The minimum atomic E-state index is -0.335. The summed E-state index contributed by atoms with van der Waals surface area (Å²) < 4.78 is 5.41. The van der Waals surface area contributed by atoms with Crippen LogP contribution in [0.5, 0.6) is 5.75 Å².